The van der Waals surface area contributed by atoms with Gasteiger partial charge in [-0.1, -0.05) is 19.1 Å². The molecule has 0 radical (unpaired) electrons. The summed E-state index contributed by atoms with van der Waals surface area (Å²) in [6, 6.07) is 9.00. The Hall–Kier alpha value is -1.02. The number of anilines is 1. The Kier molecular flexibility index (Phi) is 4.06. The number of piperidine rings is 1. The van der Waals surface area contributed by atoms with Gasteiger partial charge in [0.1, 0.15) is 0 Å². The summed E-state index contributed by atoms with van der Waals surface area (Å²) >= 11 is 0. The number of hydrogen-bond acceptors (Lipinski definition) is 2. The van der Waals surface area contributed by atoms with Crippen LogP contribution in [0.5, 0.6) is 0 Å². The van der Waals surface area contributed by atoms with E-state index in [0.29, 0.717) is 0 Å². The summed E-state index contributed by atoms with van der Waals surface area (Å²) < 4.78 is 0. The van der Waals surface area contributed by atoms with Crippen molar-refractivity contribution in [3.05, 3.63) is 29.8 Å². The number of rotatable bonds is 3. The zero-order valence-corrected chi connectivity index (χ0v) is 11.0. The van der Waals surface area contributed by atoms with E-state index in [0.717, 1.165) is 30.6 Å². The van der Waals surface area contributed by atoms with Crippen LogP contribution in [-0.4, -0.2) is 24.0 Å². The summed E-state index contributed by atoms with van der Waals surface area (Å²) in [6.07, 6.45) is 3.85. The second kappa shape index (κ2) is 5.54. The monoisotopic (exact) mass is 232 g/mol. The van der Waals surface area contributed by atoms with Crippen molar-refractivity contribution in [2.24, 2.45) is 5.92 Å². The van der Waals surface area contributed by atoms with Crippen molar-refractivity contribution in [2.45, 2.75) is 39.2 Å². The Bertz CT molecular complexity index is 362. The van der Waals surface area contributed by atoms with Crippen LogP contribution in [-0.2, 0) is 6.42 Å². The van der Waals surface area contributed by atoms with Crippen LogP contribution in [0.15, 0.2) is 24.3 Å². The van der Waals surface area contributed by atoms with Gasteiger partial charge in [0.25, 0.3) is 0 Å². The number of hydrogen-bond donors (Lipinski definition) is 1. The average molecular weight is 232 g/mol. The Morgan fingerprint density at radius 1 is 1.35 bits per heavy atom. The minimum absolute atomic E-state index is 0.727. The first-order valence-electron chi connectivity index (χ1n) is 6.75. The molecule has 1 aromatic carbocycles. The van der Waals surface area contributed by atoms with Crippen molar-refractivity contribution in [1.29, 1.82) is 0 Å². The summed E-state index contributed by atoms with van der Waals surface area (Å²) in [5.74, 6) is 0.838. The predicted octanol–water partition coefficient (Wildman–Crippen LogP) is 2.93. The van der Waals surface area contributed by atoms with E-state index in [2.05, 4.69) is 30.9 Å². The van der Waals surface area contributed by atoms with Gasteiger partial charge in [-0.15, -0.1) is 0 Å². The largest absolute Gasteiger partial charge is 0.399 e. The summed E-state index contributed by atoms with van der Waals surface area (Å²) in [5.41, 5.74) is 8.04. The lowest BCUT2D eigenvalue weighted by atomic mass is 9.92. The lowest BCUT2D eigenvalue weighted by molar-refractivity contribution is 0.115. The first kappa shape index (κ1) is 12.4. The van der Waals surface area contributed by atoms with Gasteiger partial charge in [0, 0.05) is 18.3 Å². The Labute approximate surface area is 105 Å². The van der Waals surface area contributed by atoms with Crippen molar-refractivity contribution in [1.82, 2.24) is 4.90 Å². The molecule has 1 fully saturated rings. The summed E-state index contributed by atoms with van der Waals surface area (Å²) in [7, 11) is 0. The smallest absolute Gasteiger partial charge is 0.0316 e. The molecule has 1 saturated heterocycles. The van der Waals surface area contributed by atoms with Crippen LogP contribution in [0, 0.1) is 5.92 Å². The third kappa shape index (κ3) is 3.22. The molecule has 2 unspecified atom stereocenters. The molecule has 1 heterocycles. The van der Waals surface area contributed by atoms with Crippen LogP contribution in [0.1, 0.15) is 32.3 Å². The van der Waals surface area contributed by atoms with Crippen molar-refractivity contribution in [3.63, 3.8) is 0 Å². The topological polar surface area (TPSA) is 29.3 Å². The van der Waals surface area contributed by atoms with E-state index in [1.807, 2.05) is 12.1 Å². The van der Waals surface area contributed by atoms with Gasteiger partial charge in [0.2, 0.25) is 0 Å². The Morgan fingerprint density at radius 2 is 2.18 bits per heavy atom. The van der Waals surface area contributed by atoms with Gasteiger partial charge in [-0.2, -0.15) is 0 Å². The predicted molar refractivity (Wildman–Crippen MR) is 74.0 cm³/mol. The van der Waals surface area contributed by atoms with Crippen LogP contribution in [0.4, 0.5) is 5.69 Å². The van der Waals surface area contributed by atoms with E-state index in [-0.39, 0.29) is 0 Å². The highest BCUT2D eigenvalue weighted by atomic mass is 15.2. The molecule has 0 aromatic heterocycles. The molecule has 0 bridgehead atoms. The maximum atomic E-state index is 5.80. The van der Waals surface area contributed by atoms with Crippen molar-refractivity contribution in [2.75, 3.05) is 18.8 Å². The number of benzene rings is 1. The highest BCUT2D eigenvalue weighted by molar-refractivity contribution is 5.40. The maximum absolute atomic E-state index is 5.80. The van der Waals surface area contributed by atoms with Crippen LogP contribution in [0.2, 0.25) is 0 Å². The van der Waals surface area contributed by atoms with Crippen LogP contribution >= 0.6 is 0 Å². The third-order valence-corrected chi connectivity index (χ3v) is 4.14. The molecule has 2 rings (SSSR count). The standard InChI is InChI=1S/C15H24N2/c1-12-5-4-9-17(13(12)2)10-8-14-6-3-7-15(16)11-14/h3,6-7,11-13H,4-5,8-10,16H2,1-2H3. The van der Waals surface area contributed by atoms with Gasteiger partial charge < -0.3 is 10.6 Å². The number of nitrogen functional groups attached to an aromatic ring is 1. The van der Waals surface area contributed by atoms with Crippen molar-refractivity contribution >= 4 is 5.69 Å². The zero-order chi connectivity index (χ0) is 12.3. The van der Waals surface area contributed by atoms with Gasteiger partial charge >= 0.3 is 0 Å². The molecule has 2 heteroatoms. The Morgan fingerprint density at radius 3 is 2.94 bits per heavy atom. The fourth-order valence-electron chi connectivity index (χ4n) is 2.76. The number of nitrogens with zero attached hydrogens (tertiary/aromatic N) is 1. The average Bonchev–Trinajstić information content (AvgIpc) is 2.31. The normalized spacial score (nSPS) is 26.0. The van der Waals surface area contributed by atoms with Gasteiger partial charge in [-0.05, 0) is 56.3 Å². The molecule has 2 atom stereocenters. The molecule has 0 saturated carbocycles. The second-order valence-electron chi connectivity index (χ2n) is 5.39. The minimum Gasteiger partial charge on any atom is -0.399 e. The van der Waals surface area contributed by atoms with E-state index in [1.54, 1.807) is 0 Å². The lowest BCUT2D eigenvalue weighted by Crippen LogP contribution is -2.43. The molecular formula is C15H24N2. The van der Waals surface area contributed by atoms with E-state index in [9.17, 15) is 0 Å². The van der Waals surface area contributed by atoms with Gasteiger partial charge in [-0.3, -0.25) is 0 Å². The van der Waals surface area contributed by atoms with E-state index in [4.69, 9.17) is 5.73 Å². The highest BCUT2D eigenvalue weighted by Crippen LogP contribution is 2.23. The summed E-state index contributed by atoms with van der Waals surface area (Å²) in [4.78, 5) is 2.62. The second-order valence-corrected chi connectivity index (χ2v) is 5.39. The summed E-state index contributed by atoms with van der Waals surface area (Å²) in [6.45, 7) is 7.16. The first-order valence-corrected chi connectivity index (χ1v) is 6.75. The molecule has 2 nitrogen and oxygen atoms in total. The minimum atomic E-state index is 0.727. The fourth-order valence-corrected chi connectivity index (χ4v) is 2.76. The molecule has 2 N–H and O–H groups in total. The third-order valence-electron chi connectivity index (χ3n) is 4.14. The van der Waals surface area contributed by atoms with Crippen molar-refractivity contribution < 1.29 is 0 Å². The van der Waals surface area contributed by atoms with E-state index >= 15 is 0 Å². The molecule has 94 valence electrons. The van der Waals surface area contributed by atoms with Gasteiger partial charge in [0.05, 0.1) is 0 Å². The molecule has 1 aliphatic rings. The maximum Gasteiger partial charge on any atom is 0.0316 e. The molecule has 1 aliphatic heterocycles. The SMILES string of the molecule is CC1CCCN(CCc2cccc(N)c2)C1C. The number of nitrogens with two attached hydrogens (primary N) is 1. The highest BCUT2D eigenvalue weighted by Gasteiger charge is 2.23. The fraction of sp³-hybridized carbons (Fsp3) is 0.600. The molecule has 0 amide bonds. The Balaban J connectivity index is 1.89. The molecule has 17 heavy (non-hydrogen) atoms. The van der Waals surface area contributed by atoms with Crippen LogP contribution in [0.25, 0.3) is 0 Å². The zero-order valence-electron chi connectivity index (χ0n) is 11.0. The summed E-state index contributed by atoms with van der Waals surface area (Å²) in [5, 5.41) is 0. The van der Waals surface area contributed by atoms with E-state index in [1.165, 1.54) is 24.9 Å². The van der Waals surface area contributed by atoms with Gasteiger partial charge in [0.15, 0.2) is 0 Å². The van der Waals surface area contributed by atoms with E-state index < -0.39 is 0 Å². The lowest BCUT2D eigenvalue weighted by Gasteiger charge is -2.38. The number of likely N-dealkylation sites (tertiary alicyclic amines) is 1. The molecule has 0 aliphatic carbocycles. The first-order chi connectivity index (χ1) is 8.16. The van der Waals surface area contributed by atoms with Crippen LogP contribution in [0.3, 0.4) is 0 Å². The van der Waals surface area contributed by atoms with Crippen LogP contribution < -0.4 is 5.73 Å². The van der Waals surface area contributed by atoms with Crippen molar-refractivity contribution in [3.8, 4) is 0 Å². The molecular weight excluding hydrogens is 208 g/mol. The van der Waals surface area contributed by atoms with Gasteiger partial charge in [-0.25, -0.2) is 0 Å². The molecule has 0 spiro atoms. The quantitative estimate of drug-likeness (QED) is 0.812. The molecule has 1 aromatic rings.